The molecule has 0 aliphatic heterocycles. The zero-order chi connectivity index (χ0) is 8.41. The van der Waals surface area contributed by atoms with Crippen LogP contribution in [0.5, 0.6) is 0 Å². The summed E-state index contributed by atoms with van der Waals surface area (Å²) in [6.45, 7) is -2.20. The fraction of sp³-hybridized carbons (Fsp3) is 1.00. The average Bonchev–Trinajstić information content (AvgIpc) is 1.60. The number of nitrogens with one attached hydrogen (secondary N) is 1. The van der Waals surface area contributed by atoms with E-state index in [9.17, 15) is 21.6 Å². The first kappa shape index (κ1) is 9.66. The third-order valence-corrected chi connectivity index (χ3v) is 1.00. The van der Waals surface area contributed by atoms with Crippen molar-refractivity contribution >= 4 is 10.3 Å². The van der Waals surface area contributed by atoms with Crippen LogP contribution in [-0.4, -0.2) is 25.7 Å². The first-order valence-corrected chi connectivity index (χ1v) is 3.41. The minimum atomic E-state index is -5.03. The number of alkyl halides is 3. The van der Waals surface area contributed by atoms with E-state index in [0.717, 1.165) is 0 Å². The summed E-state index contributed by atoms with van der Waals surface area (Å²) in [5, 5.41) is 0. The molecule has 0 fully saturated rings. The Balaban J connectivity index is 4.16. The van der Waals surface area contributed by atoms with Crippen molar-refractivity contribution in [1.29, 1.82) is 0 Å². The van der Waals surface area contributed by atoms with Crippen LogP contribution in [-0.2, 0) is 10.3 Å². The third kappa shape index (κ3) is 4.53. The minimum absolute atomic E-state index is 0.365. The van der Waals surface area contributed by atoms with Crippen molar-refractivity contribution in [3.05, 3.63) is 0 Å². The van der Waals surface area contributed by atoms with Crippen molar-refractivity contribution in [3.63, 3.8) is 0 Å². The van der Waals surface area contributed by atoms with Gasteiger partial charge in [-0.1, -0.05) is 0 Å². The quantitative estimate of drug-likeness (QED) is 0.471. The molecule has 0 amide bonds. The van der Waals surface area contributed by atoms with Crippen molar-refractivity contribution in [2.45, 2.75) is 6.05 Å². The van der Waals surface area contributed by atoms with Crippen LogP contribution in [0.3, 0.4) is 0 Å². The van der Waals surface area contributed by atoms with Crippen LogP contribution in [0.1, 0.15) is 0 Å². The fourth-order valence-electron chi connectivity index (χ4n) is 0.216. The lowest BCUT2D eigenvalue weighted by atomic mass is 10.7. The Labute approximate surface area is 54.9 Å². The van der Waals surface area contributed by atoms with Crippen LogP contribution in [0.25, 0.3) is 0 Å². The molecular formula is C2H4F3NO3S. The second kappa shape index (κ2) is 2.72. The van der Waals surface area contributed by atoms with Crippen LogP contribution in [0.2, 0.25) is 0 Å². The van der Waals surface area contributed by atoms with Crippen LogP contribution in [0.15, 0.2) is 0 Å². The van der Waals surface area contributed by atoms with E-state index in [4.69, 9.17) is 4.55 Å². The summed E-state index contributed by atoms with van der Waals surface area (Å²) >= 11 is 0. The highest BCUT2D eigenvalue weighted by Crippen LogP contribution is 2.09. The van der Waals surface area contributed by atoms with Crippen LogP contribution < -0.4 is 4.72 Å². The van der Waals surface area contributed by atoms with Gasteiger partial charge in [0, 0.05) is 0 Å². The van der Waals surface area contributed by atoms with Crippen LogP contribution in [0, 0.1) is 0 Å². The molecular weight excluding hydrogens is 175 g/mol. The van der Waals surface area contributed by atoms with Gasteiger partial charge < -0.3 is 0 Å². The van der Waals surface area contributed by atoms with E-state index >= 15 is 0 Å². The molecule has 10 heavy (non-hydrogen) atoms. The number of hydrogen-bond donors (Lipinski definition) is 2. The van der Waals surface area contributed by atoms with Gasteiger partial charge in [-0.05, 0) is 0 Å². The third-order valence-electron chi connectivity index (χ3n) is 0.446. The van der Waals surface area contributed by atoms with Gasteiger partial charge in [0.15, 0.2) is 6.67 Å². The number of halogens is 3. The van der Waals surface area contributed by atoms with E-state index in [1.165, 1.54) is 0 Å². The average molecular weight is 179 g/mol. The van der Waals surface area contributed by atoms with Gasteiger partial charge in [0.1, 0.15) is 0 Å². The summed E-state index contributed by atoms with van der Waals surface area (Å²) < 4.78 is 61.6. The molecule has 0 heterocycles. The molecule has 0 saturated heterocycles. The molecule has 0 aromatic rings. The van der Waals surface area contributed by atoms with Crippen molar-refractivity contribution in [1.82, 2.24) is 4.72 Å². The van der Waals surface area contributed by atoms with E-state index in [1.54, 1.807) is 0 Å². The van der Waals surface area contributed by atoms with E-state index < -0.39 is 23.0 Å². The summed E-state index contributed by atoms with van der Waals surface area (Å²) in [5.74, 6) is 0. The standard InChI is InChI=1S/C2H4F3NO3S/c3-1-2(4,5)6-10(7,8)9/h6H,1H2,(H,7,8,9). The molecule has 0 aromatic heterocycles. The van der Waals surface area contributed by atoms with Crippen LogP contribution in [0.4, 0.5) is 13.2 Å². The van der Waals surface area contributed by atoms with Gasteiger partial charge in [-0.2, -0.15) is 17.2 Å². The van der Waals surface area contributed by atoms with Gasteiger partial charge in [0.25, 0.3) is 0 Å². The minimum Gasteiger partial charge on any atom is -0.273 e. The highest BCUT2D eigenvalue weighted by molar-refractivity contribution is 7.83. The molecule has 0 aromatic carbocycles. The molecule has 62 valence electrons. The number of hydrogen-bond acceptors (Lipinski definition) is 2. The van der Waals surface area contributed by atoms with Gasteiger partial charge in [-0.3, -0.25) is 4.55 Å². The topological polar surface area (TPSA) is 66.4 Å². The Morgan fingerprint density at radius 2 is 1.90 bits per heavy atom. The molecule has 0 atom stereocenters. The van der Waals surface area contributed by atoms with E-state index in [2.05, 4.69) is 0 Å². The number of rotatable bonds is 3. The van der Waals surface area contributed by atoms with Gasteiger partial charge in [-0.25, -0.2) is 4.39 Å². The SMILES string of the molecule is O=S(=O)(O)NC(F)(F)CF. The fourth-order valence-corrected chi connectivity index (χ4v) is 0.648. The van der Waals surface area contributed by atoms with Crippen LogP contribution >= 0.6 is 0 Å². The lowest BCUT2D eigenvalue weighted by Gasteiger charge is -2.09. The predicted molar refractivity (Wildman–Crippen MR) is 25.6 cm³/mol. The largest absolute Gasteiger partial charge is 0.344 e. The predicted octanol–water partition coefficient (Wildman–Crippen LogP) is -0.0589. The van der Waals surface area contributed by atoms with Gasteiger partial charge in [-0.15, -0.1) is 4.72 Å². The van der Waals surface area contributed by atoms with Gasteiger partial charge in [0.2, 0.25) is 0 Å². The van der Waals surface area contributed by atoms with Gasteiger partial charge >= 0.3 is 16.4 Å². The maximum absolute atomic E-state index is 11.6. The lowest BCUT2D eigenvalue weighted by molar-refractivity contribution is -0.0348. The molecule has 0 saturated carbocycles. The van der Waals surface area contributed by atoms with E-state index in [1.807, 2.05) is 0 Å². The monoisotopic (exact) mass is 179 g/mol. The Morgan fingerprint density at radius 3 is 2.00 bits per heavy atom. The molecule has 8 heteroatoms. The first-order chi connectivity index (χ1) is 4.27. The van der Waals surface area contributed by atoms with Crippen molar-refractivity contribution < 1.29 is 26.1 Å². The zero-order valence-electron chi connectivity index (χ0n) is 4.51. The second-order valence-electron chi connectivity index (χ2n) is 1.42. The molecule has 0 unspecified atom stereocenters. The van der Waals surface area contributed by atoms with Gasteiger partial charge in [0.05, 0.1) is 0 Å². The summed E-state index contributed by atoms with van der Waals surface area (Å²) in [6.07, 6.45) is 0. The normalized spacial score (nSPS) is 13.6. The lowest BCUT2D eigenvalue weighted by Crippen LogP contribution is -2.42. The second-order valence-corrected chi connectivity index (χ2v) is 2.57. The molecule has 0 radical (unpaired) electrons. The Morgan fingerprint density at radius 1 is 1.50 bits per heavy atom. The smallest absolute Gasteiger partial charge is 0.273 e. The zero-order valence-corrected chi connectivity index (χ0v) is 5.33. The summed E-state index contributed by atoms with van der Waals surface area (Å²) in [7, 11) is -5.03. The summed E-state index contributed by atoms with van der Waals surface area (Å²) in [5.41, 5.74) is 0. The molecule has 0 aliphatic rings. The highest BCUT2D eigenvalue weighted by Gasteiger charge is 2.33. The Bertz CT molecular complexity index is 200. The molecule has 0 aliphatic carbocycles. The van der Waals surface area contributed by atoms with E-state index in [0.29, 0.717) is 4.72 Å². The van der Waals surface area contributed by atoms with Crippen molar-refractivity contribution in [3.8, 4) is 0 Å². The molecule has 0 rings (SSSR count). The van der Waals surface area contributed by atoms with E-state index in [-0.39, 0.29) is 0 Å². The first-order valence-electron chi connectivity index (χ1n) is 1.97. The summed E-state index contributed by atoms with van der Waals surface area (Å²) in [4.78, 5) is 0. The van der Waals surface area contributed by atoms with Crippen molar-refractivity contribution in [2.24, 2.45) is 0 Å². The molecule has 0 bridgehead atoms. The molecule has 2 N–H and O–H groups in total. The maximum atomic E-state index is 11.6. The Hall–Kier alpha value is -0.340. The highest BCUT2D eigenvalue weighted by atomic mass is 32.2. The van der Waals surface area contributed by atoms with Crippen molar-refractivity contribution in [2.75, 3.05) is 6.67 Å². The Kier molecular flexibility index (Phi) is 2.63. The molecule has 4 nitrogen and oxygen atoms in total. The summed E-state index contributed by atoms with van der Waals surface area (Å²) in [6, 6.07) is -4.23. The maximum Gasteiger partial charge on any atom is 0.344 e. The molecule has 0 spiro atoms.